The highest BCUT2D eigenvalue weighted by Gasteiger charge is 2.58. The summed E-state index contributed by atoms with van der Waals surface area (Å²) in [6.45, 7) is 4.15. The van der Waals surface area contributed by atoms with Gasteiger partial charge < -0.3 is 15.4 Å². The first-order chi connectivity index (χ1) is 12.3. The zero-order chi connectivity index (χ0) is 18.9. The quantitative estimate of drug-likeness (QED) is 0.639. The number of carbonyl (C=O) groups excluding carboxylic acids is 2. The van der Waals surface area contributed by atoms with E-state index in [0.29, 0.717) is 12.3 Å². The molecule has 0 saturated carbocycles. The molecular formula is C21H26N2O3. The summed E-state index contributed by atoms with van der Waals surface area (Å²) >= 11 is 0. The highest BCUT2D eigenvalue weighted by atomic mass is 16.5. The molecule has 1 aliphatic heterocycles. The van der Waals surface area contributed by atoms with Gasteiger partial charge in [-0.1, -0.05) is 56.3 Å². The standard InChI is InChI=1S/C21H26N2O3/c1-14(2)10-18-21(22,20(25)23(18)13-19(24)26-3)12-15-8-9-16-6-4-5-7-17(16)11-15/h4-9,11,14,18H,10,12-13,22H2,1-3H3/t18-,21-/m1/s1. The Morgan fingerprint density at radius 3 is 2.58 bits per heavy atom. The number of nitrogens with two attached hydrogens (primary N) is 1. The van der Waals surface area contributed by atoms with Crippen molar-refractivity contribution in [1.82, 2.24) is 4.90 Å². The molecule has 1 aliphatic rings. The van der Waals surface area contributed by atoms with Gasteiger partial charge in [0, 0.05) is 6.42 Å². The monoisotopic (exact) mass is 354 g/mol. The van der Waals surface area contributed by atoms with Crippen LogP contribution in [0.3, 0.4) is 0 Å². The number of carbonyl (C=O) groups is 2. The summed E-state index contributed by atoms with van der Waals surface area (Å²) in [5, 5.41) is 2.29. The maximum Gasteiger partial charge on any atom is 0.325 e. The predicted molar refractivity (Wildman–Crippen MR) is 102 cm³/mol. The zero-order valence-electron chi connectivity index (χ0n) is 15.6. The lowest BCUT2D eigenvalue weighted by Crippen LogP contribution is -2.79. The van der Waals surface area contributed by atoms with Crippen LogP contribution in [0.25, 0.3) is 10.8 Å². The van der Waals surface area contributed by atoms with E-state index in [9.17, 15) is 9.59 Å². The van der Waals surface area contributed by atoms with E-state index in [4.69, 9.17) is 10.5 Å². The van der Waals surface area contributed by atoms with Crippen molar-refractivity contribution in [3.63, 3.8) is 0 Å². The number of amides is 1. The van der Waals surface area contributed by atoms with Gasteiger partial charge in [-0.25, -0.2) is 0 Å². The van der Waals surface area contributed by atoms with Gasteiger partial charge in [0.1, 0.15) is 12.1 Å². The Balaban J connectivity index is 1.85. The van der Waals surface area contributed by atoms with Crippen molar-refractivity contribution in [2.75, 3.05) is 13.7 Å². The largest absolute Gasteiger partial charge is 0.468 e. The predicted octanol–water partition coefficient (Wildman–Crippen LogP) is 2.51. The summed E-state index contributed by atoms with van der Waals surface area (Å²) in [6.07, 6.45) is 1.22. The Kier molecular flexibility index (Phi) is 5.01. The molecule has 2 atom stereocenters. The average molecular weight is 354 g/mol. The summed E-state index contributed by atoms with van der Waals surface area (Å²) in [5.74, 6) is -0.227. The molecule has 2 N–H and O–H groups in total. The molecule has 3 rings (SSSR count). The van der Waals surface area contributed by atoms with Crippen molar-refractivity contribution >= 4 is 22.6 Å². The van der Waals surface area contributed by atoms with Crippen molar-refractivity contribution in [1.29, 1.82) is 0 Å². The van der Waals surface area contributed by atoms with Gasteiger partial charge >= 0.3 is 5.97 Å². The number of ether oxygens (including phenoxy) is 1. The van der Waals surface area contributed by atoms with Crippen molar-refractivity contribution in [3.8, 4) is 0 Å². The molecule has 0 bridgehead atoms. The van der Waals surface area contributed by atoms with E-state index in [-0.39, 0.29) is 18.5 Å². The smallest absolute Gasteiger partial charge is 0.325 e. The zero-order valence-corrected chi connectivity index (χ0v) is 15.6. The third-order valence-corrected chi connectivity index (χ3v) is 5.16. The van der Waals surface area contributed by atoms with E-state index in [1.807, 2.05) is 18.2 Å². The lowest BCUT2D eigenvalue weighted by atomic mass is 9.72. The van der Waals surface area contributed by atoms with Crippen molar-refractivity contribution in [2.24, 2.45) is 11.7 Å². The Hall–Kier alpha value is -2.40. The number of hydrogen-bond donors (Lipinski definition) is 1. The summed E-state index contributed by atoms with van der Waals surface area (Å²) in [6, 6.07) is 14.1. The molecule has 0 aromatic heterocycles. The first kappa shape index (κ1) is 18.4. The van der Waals surface area contributed by atoms with E-state index in [1.54, 1.807) is 4.90 Å². The molecule has 1 saturated heterocycles. The van der Waals surface area contributed by atoms with Crippen LogP contribution in [0.5, 0.6) is 0 Å². The van der Waals surface area contributed by atoms with Crippen molar-refractivity contribution in [2.45, 2.75) is 38.3 Å². The normalized spacial score (nSPS) is 22.6. The molecular weight excluding hydrogens is 328 g/mol. The summed E-state index contributed by atoms with van der Waals surface area (Å²) in [5.41, 5.74) is 6.64. The number of nitrogens with zero attached hydrogens (tertiary/aromatic N) is 1. The number of esters is 1. The number of benzene rings is 2. The number of methoxy groups -OCH3 is 1. The molecule has 5 nitrogen and oxygen atoms in total. The topological polar surface area (TPSA) is 72.6 Å². The molecule has 1 amide bonds. The van der Waals surface area contributed by atoms with Crippen LogP contribution in [-0.2, 0) is 20.7 Å². The molecule has 138 valence electrons. The van der Waals surface area contributed by atoms with Gasteiger partial charge in [0.25, 0.3) is 0 Å². The first-order valence-electron chi connectivity index (χ1n) is 8.99. The molecule has 0 radical (unpaired) electrons. The van der Waals surface area contributed by atoms with Gasteiger partial charge in [0.05, 0.1) is 13.2 Å². The van der Waals surface area contributed by atoms with Crippen LogP contribution < -0.4 is 5.73 Å². The minimum atomic E-state index is -0.971. The van der Waals surface area contributed by atoms with E-state index in [2.05, 4.69) is 38.1 Å². The van der Waals surface area contributed by atoms with Crippen LogP contribution in [0.4, 0.5) is 0 Å². The van der Waals surface area contributed by atoms with Crippen molar-refractivity contribution in [3.05, 3.63) is 48.0 Å². The Labute approximate surface area is 154 Å². The van der Waals surface area contributed by atoms with E-state index >= 15 is 0 Å². The molecule has 0 aliphatic carbocycles. The van der Waals surface area contributed by atoms with Crippen LogP contribution >= 0.6 is 0 Å². The SMILES string of the molecule is COC(=O)CN1C(=O)[C@@](N)(Cc2ccc3ccccc3c2)[C@H]1CC(C)C. The Morgan fingerprint density at radius 2 is 1.92 bits per heavy atom. The molecule has 0 unspecified atom stereocenters. The van der Waals surface area contributed by atoms with Gasteiger partial charge in [0.15, 0.2) is 0 Å². The van der Waals surface area contributed by atoms with Crippen molar-refractivity contribution < 1.29 is 14.3 Å². The van der Waals surface area contributed by atoms with E-state index in [0.717, 1.165) is 22.8 Å². The lowest BCUT2D eigenvalue weighted by molar-refractivity contribution is -0.167. The molecule has 5 heteroatoms. The van der Waals surface area contributed by atoms with Gasteiger partial charge in [-0.05, 0) is 28.7 Å². The highest BCUT2D eigenvalue weighted by molar-refractivity contribution is 5.96. The molecule has 26 heavy (non-hydrogen) atoms. The van der Waals surface area contributed by atoms with Crippen LogP contribution in [0.1, 0.15) is 25.8 Å². The number of likely N-dealkylation sites (tertiary alicyclic amines) is 1. The number of rotatable bonds is 6. The van der Waals surface area contributed by atoms with Crippen LogP contribution in [0.15, 0.2) is 42.5 Å². The van der Waals surface area contributed by atoms with E-state index < -0.39 is 11.5 Å². The van der Waals surface area contributed by atoms with Gasteiger partial charge in [-0.3, -0.25) is 9.59 Å². The maximum atomic E-state index is 12.8. The lowest BCUT2D eigenvalue weighted by Gasteiger charge is -2.54. The van der Waals surface area contributed by atoms with Crippen LogP contribution in [0.2, 0.25) is 0 Å². The minimum absolute atomic E-state index is 0.0383. The van der Waals surface area contributed by atoms with Crippen LogP contribution in [0, 0.1) is 5.92 Å². The molecule has 2 aromatic carbocycles. The fourth-order valence-electron chi connectivity index (χ4n) is 3.81. The van der Waals surface area contributed by atoms with E-state index in [1.165, 1.54) is 7.11 Å². The second-order valence-corrected chi connectivity index (χ2v) is 7.55. The number of β-lactam (4-membered cyclic amide) rings is 1. The number of hydrogen-bond acceptors (Lipinski definition) is 4. The third kappa shape index (κ3) is 3.31. The molecule has 0 spiro atoms. The maximum absolute atomic E-state index is 12.8. The van der Waals surface area contributed by atoms with Crippen LogP contribution in [-0.4, -0.2) is 42.0 Å². The van der Waals surface area contributed by atoms with Gasteiger partial charge in [-0.15, -0.1) is 0 Å². The number of fused-ring (bicyclic) bond motifs is 1. The summed E-state index contributed by atoms with van der Waals surface area (Å²) in [4.78, 5) is 26.0. The van der Waals surface area contributed by atoms with Gasteiger partial charge in [-0.2, -0.15) is 0 Å². The van der Waals surface area contributed by atoms with Gasteiger partial charge in [0.2, 0.25) is 5.91 Å². The fraction of sp³-hybridized carbons (Fsp3) is 0.429. The second-order valence-electron chi connectivity index (χ2n) is 7.55. The first-order valence-corrected chi connectivity index (χ1v) is 8.99. The molecule has 1 fully saturated rings. The molecule has 1 heterocycles. The second kappa shape index (κ2) is 7.08. The Morgan fingerprint density at radius 1 is 1.23 bits per heavy atom. The summed E-state index contributed by atoms with van der Waals surface area (Å²) < 4.78 is 4.72. The minimum Gasteiger partial charge on any atom is -0.468 e. The average Bonchev–Trinajstić information content (AvgIpc) is 2.63. The Bertz CT molecular complexity index is 833. The third-order valence-electron chi connectivity index (χ3n) is 5.16. The summed E-state index contributed by atoms with van der Waals surface area (Å²) in [7, 11) is 1.33. The highest BCUT2D eigenvalue weighted by Crippen LogP contribution is 2.36. The molecule has 2 aromatic rings. The fourth-order valence-corrected chi connectivity index (χ4v) is 3.81.